The van der Waals surface area contributed by atoms with E-state index in [1.54, 1.807) is 73.1 Å². The van der Waals surface area contributed by atoms with Gasteiger partial charge in [-0.05, 0) is 60.2 Å². The number of aromatic nitrogens is 1. The molecule has 1 fully saturated rings. The minimum absolute atomic E-state index is 0.0477. The molecule has 0 aliphatic carbocycles. The van der Waals surface area contributed by atoms with E-state index in [0.29, 0.717) is 27.5 Å². The quantitative estimate of drug-likeness (QED) is 0.352. The summed E-state index contributed by atoms with van der Waals surface area (Å²) < 4.78 is 0. The van der Waals surface area contributed by atoms with Gasteiger partial charge in [-0.2, -0.15) is 0 Å². The maximum atomic E-state index is 13.1. The number of ketones is 1. The highest BCUT2D eigenvalue weighted by molar-refractivity contribution is 6.51. The Labute approximate surface area is 189 Å². The fraction of sp³-hybridized carbons (Fsp3) is 0.0833. The van der Waals surface area contributed by atoms with Gasteiger partial charge >= 0.3 is 0 Å². The predicted molar refractivity (Wildman–Crippen MR) is 121 cm³/mol. The lowest BCUT2D eigenvalue weighted by atomic mass is 9.96. The van der Waals surface area contributed by atoms with Gasteiger partial charge in [0.2, 0.25) is 5.91 Å². The molecule has 0 radical (unpaired) electrons. The second-order valence-corrected chi connectivity index (χ2v) is 7.62. The Kier molecular flexibility index (Phi) is 5.75. The van der Waals surface area contributed by atoms with Gasteiger partial charge in [-0.1, -0.05) is 17.7 Å². The van der Waals surface area contributed by atoms with Crippen LogP contribution in [-0.2, 0) is 14.4 Å². The van der Waals surface area contributed by atoms with E-state index in [0.717, 1.165) is 0 Å². The Bertz CT molecular complexity index is 1240. The minimum atomic E-state index is -0.888. The first-order chi connectivity index (χ1) is 15.4. The number of carbonyl (C=O) groups excluding carboxylic acids is 3. The van der Waals surface area contributed by atoms with E-state index in [1.165, 1.54) is 11.8 Å². The Morgan fingerprint density at radius 1 is 1.06 bits per heavy atom. The Balaban J connectivity index is 1.90. The largest absolute Gasteiger partial charge is 0.507 e. The third kappa shape index (κ3) is 3.98. The van der Waals surface area contributed by atoms with Crippen LogP contribution in [0.15, 0.2) is 78.6 Å². The van der Waals surface area contributed by atoms with E-state index in [9.17, 15) is 19.5 Å². The average molecular weight is 448 g/mol. The highest BCUT2D eigenvalue weighted by Gasteiger charge is 2.47. The summed E-state index contributed by atoms with van der Waals surface area (Å²) in [7, 11) is 0. The highest BCUT2D eigenvalue weighted by atomic mass is 35.5. The van der Waals surface area contributed by atoms with Crippen molar-refractivity contribution in [3.8, 4) is 0 Å². The van der Waals surface area contributed by atoms with Gasteiger partial charge in [0.1, 0.15) is 5.76 Å². The van der Waals surface area contributed by atoms with Crippen molar-refractivity contribution in [3.05, 3.63) is 94.8 Å². The van der Waals surface area contributed by atoms with E-state index < -0.39 is 17.7 Å². The van der Waals surface area contributed by atoms with Crippen LogP contribution in [0.2, 0.25) is 5.02 Å². The number of rotatable bonds is 4. The van der Waals surface area contributed by atoms with E-state index in [4.69, 9.17) is 11.6 Å². The summed E-state index contributed by atoms with van der Waals surface area (Å²) in [6.45, 7) is 1.38. The first-order valence-electron chi connectivity index (χ1n) is 9.71. The van der Waals surface area contributed by atoms with Crippen molar-refractivity contribution in [1.29, 1.82) is 0 Å². The molecule has 2 heterocycles. The molecule has 3 aromatic rings. The zero-order chi connectivity index (χ0) is 22.8. The second-order valence-electron chi connectivity index (χ2n) is 7.19. The standard InChI is InChI=1S/C24H18ClN3O4/c1-14(29)27-18-3-2-4-19(13-18)28-21(15-9-11-26-12-10-15)20(23(31)24(28)32)22(30)16-5-7-17(25)8-6-16/h2-13,21,30H,1H3,(H,27,29)/b22-20+. The van der Waals surface area contributed by atoms with Gasteiger partial charge in [-0.15, -0.1) is 0 Å². The predicted octanol–water partition coefficient (Wildman–Crippen LogP) is 4.32. The zero-order valence-electron chi connectivity index (χ0n) is 16.9. The van der Waals surface area contributed by atoms with Gasteiger partial charge in [0.25, 0.3) is 11.7 Å². The third-order valence-corrected chi connectivity index (χ3v) is 5.28. The fourth-order valence-corrected chi connectivity index (χ4v) is 3.79. The van der Waals surface area contributed by atoms with Crippen LogP contribution >= 0.6 is 11.6 Å². The molecule has 32 heavy (non-hydrogen) atoms. The smallest absolute Gasteiger partial charge is 0.300 e. The van der Waals surface area contributed by atoms with Crippen LogP contribution in [0.3, 0.4) is 0 Å². The highest BCUT2D eigenvalue weighted by Crippen LogP contribution is 2.42. The Morgan fingerprint density at radius 3 is 2.41 bits per heavy atom. The topological polar surface area (TPSA) is 99.6 Å². The van der Waals surface area contributed by atoms with Crippen LogP contribution in [0.4, 0.5) is 11.4 Å². The zero-order valence-corrected chi connectivity index (χ0v) is 17.7. The van der Waals surface area contributed by atoms with Gasteiger partial charge in [-0.3, -0.25) is 24.3 Å². The number of carbonyl (C=O) groups is 3. The summed E-state index contributed by atoms with van der Waals surface area (Å²) in [5.74, 6) is -2.17. The van der Waals surface area contributed by atoms with Crippen molar-refractivity contribution < 1.29 is 19.5 Å². The van der Waals surface area contributed by atoms with Gasteiger partial charge in [0.05, 0.1) is 11.6 Å². The number of nitrogens with zero attached hydrogens (tertiary/aromatic N) is 2. The van der Waals surface area contributed by atoms with Crippen molar-refractivity contribution in [1.82, 2.24) is 4.98 Å². The van der Waals surface area contributed by atoms with Crippen LogP contribution < -0.4 is 10.2 Å². The average Bonchev–Trinajstić information content (AvgIpc) is 3.05. The van der Waals surface area contributed by atoms with E-state index in [1.807, 2.05) is 0 Å². The van der Waals surface area contributed by atoms with Crippen molar-refractivity contribution in [2.24, 2.45) is 0 Å². The van der Waals surface area contributed by atoms with Gasteiger partial charge in [0, 0.05) is 41.3 Å². The molecule has 1 aliphatic heterocycles. The maximum absolute atomic E-state index is 13.1. The summed E-state index contributed by atoms with van der Waals surface area (Å²) in [4.78, 5) is 43.0. The van der Waals surface area contributed by atoms with Gasteiger partial charge in [0.15, 0.2) is 0 Å². The number of benzene rings is 2. The third-order valence-electron chi connectivity index (χ3n) is 5.03. The SMILES string of the molecule is CC(=O)Nc1cccc(N2C(=O)C(=O)/C(=C(/O)c3ccc(Cl)cc3)C2c2ccncc2)c1. The monoisotopic (exact) mass is 447 g/mol. The molecule has 160 valence electrons. The van der Waals surface area contributed by atoms with Crippen molar-refractivity contribution >= 4 is 46.3 Å². The molecule has 1 aromatic heterocycles. The molecule has 0 bridgehead atoms. The summed E-state index contributed by atoms with van der Waals surface area (Å²) in [5, 5.41) is 14.2. The van der Waals surface area contributed by atoms with Crippen LogP contribution in [0.1, 0.15) is 24.1 Å². The Hall–Kier alpha value is -3.97. The van der Waals surface area contributed by atoms with Crippen LogP contribution in [0, 0.1) is 0 Å². The summed E-state index contributed by atoms with van der Waals surface area (Å²) in [6.07, 6.45) is 3.09. The van der Waals surface area contributed by atoms with Crippen molar-refractivity contribution in [2.75, 3.05) is 10.2 Å². The molecule has 1 aliphatic rings. The van der Waals surface area contributed by atoms with E-state index in [2.05, 4.69) is 10.3 Å². The number of hydrogen-bond donors (Lipinski definition) is 2. The van der Waals surface area contributed by atoms with Crippen LogP contribution in [0.5, 0.6) is 0 Å². The number of nitrogens with one attached hydrogen (secondary N) is 1. The van der Waals surface area contributed by atoms with Crippen molar-refractivity contribution in [3.63, 3.8) is 0 Å². The summed E-state index contributed by atoms with van der Waals surface area (Å²) >= 11 is 5.94. The molecule has 4 rings (SSSR count). The molecule has 7 nitrogen and oxygen atoms in total. The molecule has 8 heteroatoms. The summed E-state index contributed by atoms with van der Waals surface area (Å²) in [6, 6.07) is 15.4. The molecule has 1 saturated heterocycles. The number of halogens is 1. The lowest BCUT2D eigenvalue weighted by Crippen LogP contribution is -2.29. The fourth-order valence-electron chi connectivity index (χ4n) is 3.66. The molecule has 1 unspecified atom stereocenters. The molecule has 1 atom stereocenters. The number of aliphatic hydroxyl groups is 1. The molecular weight excluding hydrogens is 430 g/mol. The molecule has 2 aromatic carbocycles. The first-order valence-corrected chi connectivity index (χ1v) is 10.1. The van der Waals surface area contributed by atoms with Gasteiger partial charge in [-0.25, -0.2) is 0 Å². The molecule has 2 amide bonds. The molecule has 0 spiro atoms. The molecular formula is C24H18ClN3O4. The number of anilines is 2. The van der Waals surface area contributed by atoms with E-state index >= 15 is 0 Å². The molecule has 0 saturated carbocycles. The minimum Gasteiger partial charge on any atom is -0.507 e. The molecule has 2 N–H and O–H groups in total. The number of aliphatic hydroxyl groups excluding tert-OH is 1. The lowest BCUT2D eigenvalue weighted by molar-refractivity contribution is -0.132. The summed E-state index contributed by atoms with van der Waals surface area (Å²) in [5.41, 5.74) is 1.78. The van der Waals surface area contributed by atoms with Crippen molar-refractivity contribution in [2.45, 2.75) is 13.0 Å². The lowest BCUT2D eigenvalue weighted by Gasteiger charge is -2.25. The maximum Gasteiger partial charge on any atom is 0.300 e. The number of Topliss-reactive ketones (excluding diaryl/α,β-unsaturated/α-hetero) is 1. The van der Waals surface area contributed by atoms with Crippen LogP contribution in [-0.4, -0.2) is 27.7 Å². The first kappa shape index (κ1) is 21.3. The van der Waals surface area contributed by atoms with Gasteiger partial charge < -0.3 is 10.4 Å². The Morgan fingerprint density at radius 2 is 1.75 bits per heavy atom. The number of amides is 2. The van der Waals surface area contributed by atoms with E-state index in [-0.39, 0.29) is 17.2 Å². The van der Waals surface area contributed by atoms with Crippen LogP contribution in [0.25, 0.3) is 5.76 Å². The number of pyridine rings is 1. The normalized spacial score (nSPS) is 17.4. The second kappa shape index (κ2) is 8.64. The number of hydrogen-bond acceptors (Lipinski definition) is 5.